The number of H-pyrrole nitrogens is 1. The number of hydrogen-bond donors (Lipinski definition) is 1. The van der Waals surface area contributed by atoms with Crippen molar-refractivity contribution in [3.05, 3.63) is 42.5 Å². The first-order valence-electron chi connectivity index (χ1n) is 6.43. The number of nitrogens with one attached hydrogen (secondary N) is 1. The van der Waals surface area contributed by atoms with E-state index in [1.54, 1.807) is 6.92 Å². The quantitative estimate of drug-likeness (QED) is 0.731. The number of ketones is 1. The lowest BCUT2D eigenvalue weighted by Crippen LogP contribution is -1.93. The van der Waals surface area contributed by atoms with Crippen LogP contribution in [0, 0.1) is 0 Å². The SMILES string of the molecule is CC(=O)CSc1nnc(-c2ccc(-c3ccccc3)o2)[nH]1. The van der Waals surface area contributed by atoms with Crippen molar-refractivity contribution in [1.29, 1.82) is 0 Å². The molecule has 0 unspecified atom stereocenters. The van der Waals surface area contributed by atoms with Gasteiger partial charge in [0.2, 0.25) is 0 Å². The molecule has 6 heteroatoms. The van der Waals surface area contributed by atoms with Crippen molar-refractivity contribution in [1.82, 2.24) is 15.2 Å². The predicted molar refractivity (Wildman–Crippen MR) is 80.9 cm³/mol. The van der Waals surface area contributed by atoms with E-state index >= 15 is 0 Å². The van der Waals surface area contributed by atoms with Crippen molar-refractivity contribution in [2.24, 2.45) is 0 Å². The minimum atomic E-state index is 0.0994. The van der Waals surface area contributed by atoms with Crippen LogP contribution in [0.25, 0.3) is 22.9 Å². The highest BCUT2D eigenvalue weighted by molar-refractivity contribution is 7.99. The molecule has 2 heterocycles. The zero-order chi connectivity index (χ0) is 14.7. The van der Waals surface area contributed by atoms with Crippen LogP contribution in [0.15, 0.2) is 52.0 Å². The summed E-state index contributed by atoms with van der Waals surface area (Å²) in [7, 11) is 0. The fraction of sp³-hybridized carbons (Fsp3) is 0.133. The van der Waals surface area contributed by atoms with Gasteiger partial charge in [0.1, 0.15) is 11.5 Å². The Hall–Kier alpha value is -2.34. The van der Waals surface area contributed by atoms with Crippen LogP contribution in [-0.2, 0) is 4.79 Å². The minimum Gasteiger partial charge on any atom is -0.453 e. The summed E-state index contributed by atoms with van der Waals surface area (Å²) >= 11 is 1.33. The van der Waals surface area contributed by atoms with Crippen molar-refractivity contribution in [3.8, 4) is 22.9 Å². The molecular weight excluding hydrogens is 286 g/mol. The van der Waals surface area contributed by atoms with Crippen LogP contribution in [0.1, 0.15) is 6.92 Å². The average molecular weight is 299 g/mol. The third-order valence-corrected chi connectivity index (χ3v) is 3.78. The van der Waals surface area contributed by atoms with E-state index in [-0.39, 0.29) is 5.78 Å². The Morgan fingerprint density at radius 2 is 1.90 bits per heavy atom. The maximum Gasteiger partial charge on any atom is 0.197 e. The van der Waals surface area contributed by atoms with Gasteiger partial charge in [0.15, 0.2) is 16.7 Å². The number of rotatable bonds is 5. The second kappa shape index (κ2) is 5.97. The second-order valence-corrected chi connectivity index (χ2v) is 5.46. The Bertz CT molecular complexity index is 749. The molecule has 0 atom stereocenters. The van der Waals surface area contributed by atoms with Crippen LogP contribution in [0.3, 0.4) is 0 Å². The third-order valence-electron chi connectivity index (χ3n) is 2.78. The first-order chi connectivity index (χ1) is 10.2. The number of thioether (sulfide) groups is 1. The van der Waals surface area contributed by atoms with Gasteiger partial charge in [0, 0.05) is 5.56 Å². The van der Waals surface area contributed by atoms with Crippen LogP contribution < -0.4 is 0 Å². The Balaban J connectivity index is 1.79. The van der Waals surface area contributed by atoms with E-state index in [1.165, 1.54) is 11.8 Å². The number of hydrogen-bond acceptors (Lipinski definition) is 5. The van der Waals surface area contributed by atoms with E-state index in [1.807, 2.05) is 42.5 Å². The van der Waals surface area contributed by atoms with Crippen molar-refractivity contribution in [3.63, 3.8) is 0 Å². The van der Waals surface area contributed by atoms with Gasteiger partial charge in [-0.2, -0.15) is 0 Å². The number of aromatic nitrogens is 3. The molecule has 1 N–H and O–H groups in total. The van der Waals surface area contributed by atoms with Crippen molar-refractivity contribution < 1.29 is 9.21 Å². The van der Waals surface area contributed by atoms with Gasteiger partial charge < -0.3 is 9.40 Å². The van der Waals surface area contributed by atoms with Crippen molar-refractivity contribution in [2.75, 3.05) is 5.75 Å². The molecule has 0 aliphatic carbocycles. The maximum absolute atomic E-state index is 11.0. The molecule has 2 aromatic heterocycles. The molecule has 0 saturated heterocycles. The number of carbonyl (C=O) groups is 1. The summed E-state index contributed by atoms with van der Waals surface area (Å²) in [5.41, 5.74) is 1.01. The number of nitrogens with zero attached hydrogens (tertiary/aromatic N) is 2. The zero-order valence-corrected chi connectivity index (χ0v) is 12.2. The van der Waals surface area contributed by atoms with E-state index in [0.29, 0.717) is 22.5 Å². The topological polar surface area (TPSA) is 71.8 Å². The van der Waals surface area contributed by atoms with Gasteiger partial charge in [-0.3, -0.25) is 4.79 Å². The summed E-state index contributed by atoms with van der Waals surface area (Å²) in [6.45, 7) is 1.54. The van der Waals surface area contributed by atoms with E-state index in [9.17, 15) is 4.79 Å². The fourth-order valence-corrected chi connectivity index (χ4v) is 2.42. The van der Waals surface area contributed by atoms with Gasteiger partial charge in [0.05, 0.1) is 5.75 Å². The average Bonchev–Trinajstić information content (AvgIpc) is 3.15. The molecule has 0 spiro atoms. The Morgan fingerprint density at radius 3 is 2.67 bits per heavy atom. The molecule has 3 aromatic rings. The normalized spacial score (nSPS) is 10.7. The number of aromatic amines is 1. The highest BCUT2D eigenvalue weighted by Crippen LogP contribution is 2.27. The Kier molecular flexibility index (Phi) is 3.87. The molecule has 0 radical (unpaired) electrons. The molecule has 0 fully saturated rings. The first kappa shape index (κ1) is 13.6. The molecule has 0 saturated carbocycles. The van der Waals surface area contributed by atoms with Gasteiger partial charge in [-0.15, -0.1) is 10.2 Å². The summed E-state index contributed by atoms with van der Waals surface area (Å²) in [4.78, 5) is 14.0. The maximum atomic E-state index is 11.0. The van der Waals surface area contributed by atoms with Crippen LogP contribution in [0.2, 0.25) is 0 Å². The molecule has 106 valence electrons. The van der Waals surface area contributed by atoms with Gasteiger partial charge in [-0.1, -0.05) is 42.1 Å². The van der Waals surface area contributed by atoms with E-state index in [4.69, 9.17) is 4.42 Å². The van der Waals surface area contributed by atoms with Crippen molar-refractivity contribution >= 4 is 17.5 Å². The molecular formula is C15H13N3O2S. The first-order valence-corrected chi connectivity index (χ1v) is 7.41. The summed E-state index contributed by atoms with van der Waals surface area (Å²) < 4.78 is 5.78. The molecule has 1 aromatic carbocycles. The molecule has 3 rings (SSSR count). The molecule has 0 amide bonds. The summed E-state index contributed by atoms with van der Waals surface area (Å²) in [6.07, 6.45) is 0. The standard InChI is InChI=1S/C15H13N3O2S/c1-10(19)9-21-15-16-14(17-18-15)13-8-7-12(20-13)11-5-3-2-4-6-11/h2-8H,9H2,1H3,(H,16,17,18). The minimum absolute atomic E-state index is 0.0994. The van der Waals surface area contributed by atoms with Gasteiger partial charge in [0.25, 0.3) is 0 Å². The van der Waals surface area contributed by atoms with Crippen LogP contribution in [-0.4, -0.2) is 26.7 Å². The number of benzene rings is 1. The van der Waals surface area contributed by atoms with E-state index < -0.39 is 0 Å². The number of Topliss-reactive ketones (excluding diaryl/α,β-unsaturated/α-hetero) is 1. The fourth-order valence-electron chi connectivity index (χ4n) is 1.82. The largest absolute Gasteiger partial charge is 0.453 e. The Morgan fingerprint density at radius 1 is 1.14 bits per heavy atom. The lowest BCUT2D eigenvalue weighted by atomic mass is 10.2. The summed E-state index contributed by atoms with van der Waals surface area (Å²) in [5.74, 6) is 2.43. The van der Waals surface area contributed by atoms with Crippen molar-refractivity contribution in [2.45, 2.75) is 12.1 Å². The molecule has 5 nitrogen and oxygen atoms in total. The lowest BCUT2D eigenvalue weighted by molar-refractivity contribution is -0.114. The highest BCUT2D eigenvalue weighted by Gasteiger charge is 2.11. The third kappa shape index (κ3) is 3.22. The Labute approximate surface area is 125 Å². The molecule has 0 bridgehead atoms. The second-order valence-electron chi connectivity index (χ2n) is 4.50. The molecule has 21 heavy (non-hydrogen) atoms. The molecule has 0 aliphatic heterocycles. The highest BCUT2D eigenvalue weighted by atomic mass is 32.2. The summed E-state index contributed by atoms with van der Waals surface area (Å²) in [6, 6.07) is 13.6. The summed E-state index contributed by atoms with van der Waals surface area (Å²) in [5, 5.41) is 8.64. The lowest BCUT2D eigenvalue weighted by Gasteiger charge is -1.95. The smallest absolute Gasteiger partial charge is 0.197 e. The van der Waals surface area contributed by atoms with Crippen LogP contribution in [0.5, 0.6) is 0 Å². The van der Waals surface area contributed by atoms with Gasteiger partial charge in [-0.25, -0.2) is 0 Å². The zero-order valence-electron chi connectivity index (χ0n) is 11.4. The van der Waals surface area contributed by atoms with Crippen LogP contribution >= 0.6 is 11.8 Å². The van der Waals surface area contributed by atoms with Gasteiger partial charge in [-0.05, 0) is 19.1 Å². The van der Waals surface area contributed by atoms with E-state index in [0.717, 1.165) is 11.3 Å². The predicted octanol–water partition coefficient (Wildman–Crippen LogP) is 3.41. The number of carbonyl (C=O) groups excluding carboxylic acids is 1. The van der Waals surface area contributed by atoms with E-state index in [2.05, 4.69) is 15.2 Å². The number of furan rings is 1. The monoisotopic (exact) mass is 299 g/mol. The molecule has 0 aliphatic rings. The van der Waals surface area contributed by atoms with Gasteiger partial charge >= 0.3 is 0 Å². The van der Waals surface area contributed by atoms with Crippen LogP contribution in [0.4, 0.5) is 0 Å².